The fourth-order valence-electron chi connectivity index (χ4n) is 3.20. The molecule has 0 fully saturated rings. The van der Waals surface area contributed by atoms with E-state index in [2.05, 4.69) is 24.4 Å². The highest BCUT2D eigenvalue weighted by molar-refractivity contribution is 6.09. The van der Waals surface area contributed by atoms with E-state index in [0.29, 0.717) is 0 Å². The standard InChI is InChI=1S/C22H19NO2/c1-14-7-9-18(11-15(14)2)23-21(24)12-17-13-25-20-10-8-16-5-3-4-6-19(16)22(17)20/h3-11,13H,12H2,1-2H3,(H,23,24). The van der Waals surface area contributed by atoms with Gasteiger partial charge < -0.3 is 9.73 Å². The molecule has 4 aromatic rings. The van der Waals surface area contributed by atoms with E-state index >= 15 is 0 Å². The number of furan rings is 1. The molecule has 0 unspecified atom stereocenters. The Balaban J connectivity index is 1.65. The van der Waals surface area contributed by atoms with Crippen molar-refractivity contribution in [3.63, 3.8) is 0 Å². The lowest BCUT2D eigenvalue weighted by Crippen LogP contribution is -2.14. The maximum atomic E-state index is 12.5. The summed E-state index contributed by atoms with van der Waals surface area (Å²) in [4.78, 5) is 12.5. The summed E-state index contributed by atoms with van der Waals surface area (Å²) in [5, 5.41) is 6.26. The second-order valence-corrected chi connectivity index (χ2v) is 6.44. The Hall–Kier alpha value is -3.07. The highest BCUT2D eigenvalue weighted by Crippen LogP contribution is 2.30. The number of aryl methyl sites for hydroxylation is 2. The Kier molecular flexibility index (Phi) is 3.77. The van der Waals surface area contributed by atoms with E-state index in [1.54, 1.807) is 6.26 Å². The molecule has 0 atom stereocenters. The summed E-state index contributed by atoms with van der Waals surface area (Å²) in [6.07, 6.45) is 1.98. The molecule has 0 bridgehead atoms. The molecule has 124 valence electrons. The number of hydrogen-bond donors (Lipinski definition) is 1. The molecular formula is C22H19NO2. The zero-order valence-corrected chi connectivity index (χ0v) is 14.3. The van der Waals surface area contributed by atoms with Crippen molar-refractivity contribution in [3.05, 3.63) is 77.6 Å². The third-order valence-corrected chi connectivity index (χ3v) is 4.68. The van der Waals surface area contributed by atoms with Crippen LogP contribution in [0.3, 0.4) is 0 Å². The Bertz CT molecular complexity index is 1090. The summed E-state index contributed by atoms with van der Waals surface area (Å²) >= 11 is 0. The summed E-state index contributed by atoms with van der Waals surface area (Å²) in [6.45, 7) is 4.10. The average Bonchev–Trinajstić information content (AvgIpc) is 3.01. The van der Waals surface area contributed by atoms with Gasteiger partial charge in [0, 0.05) is 16.6 Å². The molecule has 0 aliphatic carbocycles. The molecule has 0 aliphatic heterocycles. The van der Waals surface area contributed by atoms with Gasteiger partial charge in [0.25, 0.3) is 0 Å². The minimum absolute atomic E-state index is 0.0427. The highest BCUT2D eigenvalue weighted by atomic mass is 16.3. The zero-order chi connectivity index (χ0) is 17.4. The van der Waals surface area contributed by atoms with Crippen LogP contribution in [0.5, 0.6) is 0 Å². The van der Waals surface area contributed by atoms with Crippen LogP contribution in [0.25, 0.3) is 21.7 Å². The molecule has 3 aromatic carbocycles. The first-order chi connectivity index (χ1) is 12.1. The maximum Gasteiger partial charge on any atom is 0.228 e. The van der Waals surface area contributed by atoms with Crippen LogP contribution in [-0.4, -0.2) is 5.91 Å². The van der Waals surface area contributed by atoms with Crippen LogP contribution in [0, 0.1) is 13.8 Å². The number of benzene rings is 3. The summed E-state index contributed by atoms with van der Waals surface area (Å²) in [5.74, 6) is -0.0427. The van der Waals surface area contributed by atoms with Crippen molar-refractivity contribution >= 4 is 33.3 Å². The number of hydrogen-bond acceptors (Lipinski definition) is 2. The van der Waals surface area contributed by atoms with Crippen LogP contribution >= 0.6 is 0 Å². The second-order valence-electron chi connectivity index (χ2n) is 6.44. The van der Waals surface area contributed by atoms with Gasteiger partial charge in [-0.15, -0.1) is 0 Å². The van der Waals surface area contributed by atoms with Crippen molar-refractivity contribution in [2.45, 2.75) is 20.3 Å². The lowest BCUT2D eigenvalue weighted by molar-refractivity contribution is -0.115. The van der Waals surface area contributed by atoms with E-state index in [1.165, 1.54) is 5.56 Å². The number of anilines is 1. The summed E-state index contributed by atoms with van der Waals surface area (Å²) < 4.78 is 5.66. The molecule has 0 saturated heterocycles. The van der Waals surface area contributed by atoms with Gasteiger partial charge in [0.15, 0.2) is 0 Å². The molecule has 1 N–H and O–H groups in total. The van der Waals surface area contributed by atoms with Crippen molar-refractivity contribution in [1.82, 2.24) is 0 Å². The van der Waals surface area contributed by atoms with E-state index in [1.807, 2.05) is 49.4 Å². The van der Waals surface area contributed by atoms with E-state index in [-0.39, 0.29) is 12.3 Å². The van der Waals surface area contributed by atoms with E-state index < -0.39 is 0 Å². The molecule has 0 spiro atoms. The first-order valence-electron chi connectivity index (χ1n) is 8.37. The highest BCUT2D eigenvalue weighted by Gasteiger charge is 2.13. The van der Waals surface area contributed by atoms with Crippen molar-refractivity contribution < 1.29 is 9.21 Å². The van der Waals surface area contributed by atoms with Crippen LogP contribution in [-0.2, 0) is 11.2 Å². The maximum absolute atomic E-state index is 12.5. The first kappa shape index (κ1) is 15.5. The van der Waals surface area contributed by atoms with Gasteiger partial charge in [-0.25, -0.2) is 0 Å². The van der Waals surface area contributed by atoms with E-state index in [9.17, 15) is 4.79 Å². The molecule has 3 nitrogen and oxygen atoms in total. The van der Waals surface area contributed by atoms with Crippen molar-refractivity contribution in [1.29, 1.82) is 0 Å². The van der Waals surface area contributed by atoms with Crippen molar-refractivity contribution in [3.8, 4) is 0 Å². The number of nitrogens with one attached hydrogen (secondary N) is 1. The Morgan fingerprint density at radius 3 is 2.68 bits per heavy atom. The lowest BCUT2D eigenvalue weighted by Gasteiger charge is -2.07. The lowest BCUT2D eigenvalue weighted by atomic mass is 10.0. The zero-order valence-electron chi connectivity index (χ0n) is 14.3. The largest absolute Gasteiger partial charge is 0.464 e. The second kappa shape index (κ2) is 6.10. The monoisotopic (exact) mass is 329 g/mol. The van der Waals surface area contributed by atoms with Gasteiger partial charge in [-0.05, 0) is 53.9 Å². The van der Waals surface area contributed by atoms with Gasteiger partial charge in [-0.1, -0.05) is 36.4 Å². The fourth-order valence-corrected chi connectivity index (χ4v) is 3.20. The number of carbonyl (C=O) groups excluding carboxylic acids is 1. The SMILES string of the molecule is Cc1ccc(NC(=O)Cc2coc3ccc4ccccc4c23)cc1C. The fraction of sp³-hybridized carbons (Fsp3) is 0.136. The predicted octanol–water partition coefficient (Wildman–Crippen LogP) is 5.38. The first-order valence-corrected chi connectivity index (χ1v) is 8.37. The van der Waals surface area contributed by atoms with Gasteiger partial charge in [0.1, 0.15) is 5.58 Å². The molecule has 0 saturated carbocycles. The molecule has 0 aliphatic rings. The third-order valence-electron chi connectivity index (χ3n) is 4.68. The molecule has 4 rings (SSSR count). The molecule has 0 radical (unpaired) electrons. The van der Waals surface area contributed by atoms with Crippen molar-refractivity contribution in [2.75, 3.05) is 5.32 Å². The Labute approximate surface area is 146 Å². The predicted molar refractivity (Wildman–Crippen MR) is 102 cm³/mol. The molecule has 1 aromatic heterocycles. The molecule has 25 heavy (non-hydrogen) atoms. The normalized spacial score (nSPS) is 11.1. The molecular weight excluding hydrogens is 310 g/mol. The quantitative estimate of drug-likeness (QED) is 0.548. The summed E-state index contributed by atoms with van der Waals surface area (Å²) in [6, 6.07) is 18.1. The smallest absolute Gasteiger partial charge is 0.228 e. The molecule has 1 heterocycles. The minimum Gasteiger partial charge on any atom is -0.464 e. The van der Waals surface area contributed by atoms with Crippen LogP contribution in [0.2, 0.25) is 0 Å². The van der Waals surface area contributed by atoms with Crippen LogP contribution in [0.4, 0.5) is 5.69 Å². The summed E-state index contributed by atoms with van der Waals surface area (Å²) in [7, 11) is 0. The molecule has 1 amide bonds. The Morgan fingerprint density at radius 2 is 1.84 bits per heavy atom. The Morgan fingerprint density at radius 1 is 1.00 bits per heavy atom. The van der Waals surface area contributed by atoms with Crippen LogP contribution in [0.1, 0.15) is 16.7 Å². The number of fused-ring (bicyclic) bond motifs is 3. The number of amides is 1. The minimum atomic E-state index is -0.0427. The molecule has 3 heteroatoms. The number of carbonyl (C=O) groups is 1. The van der Waals surface area contributed by atoms with Gasteiger partial charge in [-0.3, -0.25) is 4.79 Å². The van der Waals surface area contributed by atoms with Gasteiger partial charge in [0.2, 0.25) is 5.91 Å². The van der Waals surface area contributed by atoms with E-state index in [4.69, 9.17) is 4.42 Å². The van der Waals surface area contributed by atoms with Gasteiger partial charge in [-0.2, -0.15) is 0 Å². The topological polar surface area (TPSA) is 42.2 Å². The van der Waals surface area contributed by atoms with Crippen molar-refractivity contribution in [2.24, 2.45) is 0 Å². The summed E-state index contributed by atoms with van der Waals surface area (Å²) in [5.41, 5.74) is 4.93. The van der Waals surface area contributed by atoms with Gasteiger partial charge >= 0.3 is 0 Å². The van der Waals surface area contributed by atoms with Crippen LogP contribution < -0.4 is 5.32 Å². The van der Waals surface area contributed by atoms with Crippen LogP contribution in [0.15, 0.2) is 65.3 Å². The van der Waals surface area contributed by atoms with Gasteiger partial charge in [0.05, 0.1) is 12.7 Å². The van der Waals surface area contributed by atoms with E-state index in [0.717, 1.165) is 38.6 Å². The average molecular weight is 329 g/mol. The third kappa shape index (κ3) is 2.89. The number of rotatable bonds is 3.